The first-order valence-corrected chi connectivity index (χ1v) is 6.04. The van der Waals surface area contributed by atoms with Gasteiger partial charge in [0.05, 0.1) is 13.7 Å². The van der Waals surface area contributed by atoms with Gasteiger partial charge in [0.2, 0.25) is 0 Å². The van der Waals surface area contributed by atoms with E-state index in [2.05, 4.69) is 0 Å². The van der Waals surface area contributed by atoms with E-state index < -0.39 is 11.9 Å². The summed E-state index contributed by atoms with van der Waals surface area (Å²) in [5.74, 6) is -0.594. The predicted molar refractivity (Wildman–Crippen MR) is 65.7 cm³/mol. The molecule has 4 nitrogen and oxygen atoms in total. The number of benzene rings is 1. The van der Waals surface area contributed by atoms with E-state index in [4.69, 9.17) is 9.47 Å². The summed E-state index contributed by atoms with van der Waals surface area (Å²) < 4.78 is 10.3. The van der Waals surface area contributed by atoms with E-state index in [1.54, 1.807) is 26.2 Å². The van der Waals surface area contributed by atoms with Crippen LogP contribution in [0, 0.1) is 0 Å². The summed E-state index contributed by atoms with van der Waals surface area (Å²) >= 11 is 0. The van der Waals surface area contributed by atoms with Crippen molar-refractivity contribution < 1.29 is 19.1 Å². The van der Waals surface area contributed by atoms with Gasteiger partial charge in [0.25, 0.3) is 0 Å². The largest absolute Gasteiger partial charge is 0.496 e. The van der Waals surface area contributed by atoms with E-state index in [1.807, 2.05) is 6.07 Å². The molecule has 1 aliphatic carbocycles. The first-order chi connectivity index (χ1) is 8.69. The van der Waals surface area contributed by atoms with Gasteiger partial charge in [-0.15, -0.1) is 0 Å². The molecule has 0 fully saturated rings. The molecule has 0 heterocycles. The molecule has 0 amide bonds. The first kappa shape index (κ1) is 12.6. The lowest BCUT2D eigenvalue weighted by atomic mass is 9.81. The molecule has 2 rings (SSSR count). The average molecular weight is 248 g/mol. The van der Waals surface area contributed by atoms with E-state index in [1.165, 1.54) is 0 Å². The zero-order valence-electron chi connectivity index (χ0n) is 10.6. The third kappa shape index (κ3) is 2.10. The summed E-state index contributed by atoms with van der Waals surface area (Å²) in [6.07, 6.45) is 0.977. The summed E-state index contributed by atoms with van der Waals surface area (Å²) in [7, 11) is 1.59. The van der Waals surface area contributed by atoms with Crippen LogP contribution in [-0.4, -0.2) is 25.5 Å². The predicted octanol–water partition coefficient (Wildman–Crippen LogP) is 1.86. The van der Waals surface area contributed by atoms with Gasteiger partial charge < -0.3 is 9.47 Å². The Balaban J connectivity index is 2.44. The molecule has 0 bridgehead atoms. The van der Waals surface area contributed by atoms with Crippen molar-refractivity contribution >= 4 is 11.8 Å². The van der Waals surface area contributed by atoms with Crippen molar-refractivity contribution in [1.82, 2.24) is 0 Å². The number of ether oxygens (including phenoxy) is 2. The molecule has 0 aliphatic heterocycles. The number of fused-ring (bicyclic) bond motifs is 1. The van der Waals surface area contributed by atoms with E-state index in [0.29, 0.717) is 12.8 Å². The van der Waals surface area contributed by atoms with Crippen LogP contribution in [0.4, 0.5) is 0 Å². The summed E-state index contributed by atoms with van der Waals surface area (Å²) in [4.78, 5) is 23.8. The fourth-order valence-corrected chi connectivity index (χ4v) is 2.36. The Morgan fingerprint density at radius 3 is 2.83 bits per heavy atom. The standard InChI is InChI=1S/C14H16O4/c1-3-18-14(16)13-10-5-4-6-12(17-2)9(10)7-8-11(13)15/h4-6,13H,3,7-8H2,1-2H3. The zero-order valence-corrected chi connectivity index (χ0v) is 10.6. The van der Waals surface area contributed by atoms with Crippen molar-refractivity contribution in [3.8, 4) is 5.75 Å². The molecule has 18 heavy (non-hydrogen) atoms. The van der Waals surface area contributed by atoms with Gasteiger partial charge in [-0.1, -0.05) is 12.1 Å². The van der Waals surface area contributed by atoms with Crippen molar-refractivity contribution in [2.75, 3.05) is 13.7 Å². The fraction of sp³-hybridized carbons (Fsp3) is 0.429. The molecule has 0 spiro atoms. The van der Waals surface area contributed by atoms with Gasteiger partial charge >= 0.3 is 5.97 Å². The SMILES string of the molecule is CCOC(=O)C1C(=O)CCc2c(OC)cccc21. The highest BCUT2D eigenvalue weighted by Gasteiger charge is 2.35. The Hall–Kier alpha value is -1.84. The molecule has 1 aromatic carbocycles. The van der Waals surface area contributed by atoms with Gasteiger partial charge in [-0.3, -0.25) is 9.59 Å². The Morgan fingerprint density at radius 1 is 1.39 bits per heavy atom. The third-order valence-corrected chi connectivity index (χ3v) is 3.17. The highest BCUT2D eigenvalue weighted by Crippen LogP contribution is 2.35. The second-order valence-electron chi connectivity index (χ2n) is 4.18. The van der Waals surface area contributed by atoms with E-state index in [-0.39, 0.29) is 12.4 Å². The van der Waals surface area contributed by atoms with Gasteiger partial charge in [-0.05, 0) is 30.5 Å². The van der Waals surface area contributed by atoms with Crippen LogP contribution in [0.1, 0.15) is 30.4 Å². The number of hydrogen-bond donors (Lipinski definition) is 0. The average Bonchev–Trinajstić information content (AvgIpc) is 2.37. The monoisotopic (exact) mass is 248 g/mol. The Morgan fingerprint density at radius 2 is 2.17 bits per heavy atom. The van der Waals surface area contributed by atoms with Gasteiger partial charge in [0.1, 0.15) is 11.7 Å². The fourth-order valence-electron chi connectivity index (χ4n) is 2.36. The zero-order chi connectivity index (χ0) is 13.1. The van der Waals surface area contributed by atoms with Crippen molar-refractivity contribution in [1.29, 1.82) is 0 Å². The minimum absolute atomic E-state index is 0.0748. The van der Waals surface area contributed by atoms with Crippen molar-refractivity contribution in [3.05, 3.63) is 29.3 Å². The quantitative estimate of drug-likeness (QED) is 0.605. The van der Waals surface area contributed by atoms with E-state index in [0.717, 1.165) is 16.9 Å². The number of esters is 1. The molecule has 0 saturated heterocycles. The molecule has 4 heteroatoms. The molecule has 1 unspecified atom stereocenters. The van der Waals surface area contributed by atoms with Crippen LogP contribution in [0.3, 0.4) is 0 Å². The van der Waals surface area contributed by atoms with E-state index in [9.17, 15) is 9.59 Å². The number of rotatable bonds is 3. The van der Waals surface area contributed by atoms with Crippen LogP contribution in [0.5, 0.6) is 5.75 Å². The smallest absolute Gasteiger partial charge is 0.321 e. The van der Waals surface area contributed by atoms with Gasteiger partial charge in [-0.25, -0.2) is 0 Å². The molecule has 0 aromatic heterocycles. The maximum atomic E-state index is 11.9. The lowest BCUT2D eigenvalue weighted by molar-refractivity contribution is -0.148. The maximum absolute atomic E-state index is 11.9. The van der Waals surface area contributed by atoms with Crippen LogP contribution in [0.2, 0.25) is 0 Å². The van der Waals surface area contributed by atoms with E-state index >= 15 is 0 Å². The summed E-state index contributed by atoms with van der Waals surface area (Å²) in [5.41, 5.74) is 1.67. The number of carbonyl (C=O) groups excluding carboxylic acids is 2. The molecule has 1 aliphatic rings. The highest BCUT2D eigenvalue weighted by atomic mass is 16.5. The van der Waals surface area contributed by atoms with Crippen LogP contribution in [-0.2, 0) is 20.7 Å². The minimum atomic E-state index is -0.788. The highest BCUT2D eigenvalue weighted by molar-refractivity contribution is 6.06. The lowest BCUT2D eigenvalue weighted by Gasteiger charge is -2.24. The number of ketones is 1. The van der Waals surface area contributed by atoms with Gasteiger partial charge in [0, 0.05) is 6.42 Å². The molecule has 96 valence electrons. The maximum Gasteiger partial charge on any atom is 0.321 e. The molecular weight excluding hydrogens is 232 g/mol. The van der Waals surface area contributed by atoms with Gasteiger partial charge in [0.15, 0.2) is 5.78 Å². The molecule has 0 radical (unpaired) electrons. The van der Waals surface area contributed by atoms with Crippen LogP contribution < -0.4 is 4.74 Å². The summed E-state index contributed by atoms with van der Waals surface area (Å²) in [5, 5.41) is 0. The Labute approximate surface area is 106 Å². The normalized spacial score (nSPS) is 18.1. The number of carbonyl (C=O) groups is 2. The number of methoxy groups -OCH3 is 1. The van der Waals surface area contributed by atoms with Gasteiger partial charge in [-0.2, -0.15) is 0 Å². The number of Topliss-reactive ketones (excluding diaryl/α,β-unsaturated/α-hetero) is 1. The lowest BCUT2D eigenvalue weighted by Crippen LogP contribution is -2.29. The van der Waals surface area contributed by atoms with Crippen LogP contribution in [0.25, 0.3) is 0 Å². The Kier molecular flexibility index (Phi) is 3.65. The molecule has 1 aromatic rings. The molecule has 1 atom stereocenters. The van der Waals surface area contributed by atoms with Crippen LogP contribution in [0.15, 0.2) is 18.2 Å². The van der Waals surface area contributed by atoms with Crippen molar-refractivity contribution in [2.45, 2.75) is 25.7 Å². The summed E-state index contributed by atoms with van der Waals surface area (Å²) in [6.45, 7) is 2.01. The first-order valence-electron chi connectivity index (χ1n) is 6.04. The molecule has 0 N–H and O–H groups in total. The number of hydrogen-bond acceptors (Lipinski definition) is 4. The summed E-state index contributed by atoms with van der Waals surface area (Å²) in [6, 6.07) is 5.44. The third-order valence-electron chi connectivity index (χ3n) is 3.17. The topological polar surface area (TPSA) is 52.6 Å². The second-order valence-corrected chi connectivity index (χ2v) is 4.18. The van der Waals surface area contributed by atoms with Crippen molar-refractivity contribution in [2.24, 2.45) is 0 Å². The van der Waals surface area contributed by atoms with Crippen LogP contribution >= 0.6 is 0 Å². The molecule has 0 saturated carbocycles. The minimum Gasteiger partial charge on any atom is -0.496 e. The van der Waals surface area contributed by atoms with Crippen molar-refractivity contribution in [3.63, 3.8) is 0 Å². The molecular formula is C14H16O4. The second kappa shape index (κ2) is 5.21. The Bertz CT molecular complexity index is 479.